The maximum absolute atomic E-state index is 12.1. The minimum atomic E-state index is -0.463. The van der Waals surface area contributed by atoms with E-state index in [4.69, 9.17) is 5.73 Å². The van der Waals surface area contributed by atoms with Crippen LogP contribution in [0.1, 0.15) is 44.7 Å². The van der Waals surface area contributed by atoms with Gasteiger partial charge in [-0.2, -0.15) is 0 Å². The smallest absolute Gasteiger partial charge is 0.237 e. The molecule has 0 saturated heterocycles. The molecule has 3 heteroatoms. The second-order valence-corrected chi connectivity index (χ2v) is 7.16. The third-order valence-electron chi connectivity index (χ3n) is 4.39. The van der Waals surface area contributed by atoms with Crippen LogP contribution in [0.25, 0.3) is 0 Å². The topological polar surface area (TPSA) is 55.1 Å². The number of carbonyl (C=O) groups excluding carboxylic acids is 1. The Hall–Kier alpha value is -1.35. The Morgan fingerprint density at radius 2 is 1.95 bits per heavy atom. The molecule has 1 saturated carbocycles. The van der Waals surface area contributed by atoms with Crippen LogP contribution in [-0.4, -0.2) is 18.5 Å². The van der Waals surface area contributed by atoms with Crippen molar-refractivity contribution < 1.29 is 4.79 Å². The summed E-state index contributed by atoms with van der Waals surface area (Å²) in [6.45, 7) is 8.81. The van der Waals surface area contributed by atoms with E-state index in [1.54, 1.807) is 0 Å². The van der Waals surface area contributed by atoms with E-state index in [1.807, 2.05) is 20.8 Å². The first-order chi connectivity index (χ1) is 9.26. The number of nitrogens with one attached hydrogen (secondary N) is 1. The van der Waals surface area contributed by atoms with Crippen LogP contribution in [0.15, 0.2) is 24.3 Å². The molecule has 0 spiro atoms. The van der Waals surface area contributed by atoms with Gasteiger partial charge in [-0.05, 0) is 36.3 Å². The lowest BCUT2D eigenvalue weighted by Crippen LogP contribution is -2.50. The Morgan fingerprint density at radius 1 is 1.35 bits per heavy atom. The second kappa shape index (κ2) is 5.21. The number of hydrogen-bond donors (Lipinski definition) is 2. The molecule has 1 aromatic rings. The van der Waals surface area contributed by atoms with Crippen LogP contribution in [0, 0.1) is 12.3 Å². The number of aryl methyl sites for hydroxylation is 1. The van der Waals surface area contributed by atoms with Gasteiger partial charge in [0.1, 0.15) is 0 Å². The molecule has 3 nitrogen and oxygen atoms in total. The number of amides is 1. The molecule has 110 valence electrons. The quantitative estimate of drug-likeness (QED) is 0.886. The summed E-state index contributed by atoms with van der Waals surface area (Å²) in [6, 6.07) is 7.99. The highest BCUT2D eigenvalue weighted by molar-refractivity contribution is 5.82. The van der Waals surface area contributed by atoms with Crippen LogP contribution in [-0.2, 0) is 10.2 Å². The van der Waals surface area contributed by atoms with E-state index < -0.39 is 6.04 Å². The summed E-state index contributed by atoms with van der Waals surface area (Å²) >= 11 is 0. The molecule has 1 amide bonds. The van der Waals surface area contributed by atoms with Gasteiger partial charge in [-0.1, -0.05) is 45.0 Å². The van der Waals surface area contributed by atoms with Gasteiger partial charge in [0, 0.05) is 12.0 Å². The van der Waals surface area contributed by atoms with E-state index in [0.29, 0.717) is 6.54 Å². The van der Waals surface area contributed by atoms with Gasteiger partial charge in [0.05, 0.1) is 6.04 Å². The number of benzene rings is 1. The normalized spacial score (nSPS) is 18.4. The molecule has 0 unspecified atom stereocenters. The number of carbonyl (C=O) groups is 1. The molecule has 1 aliphatic carbocycles. The van der Waals surface area contributed by atoms with E-state index in [9.17, 15) is 4.79 Å². The van der Waals surface area contributed by atoms with Crippen LogP contribution < -0.4 is 11.1 Å². The lowest BCUT2D eigenvalue weighted by Gasteiger charge is -2.27. The largest absolute Gasteiger partial charge is 0.354 e. The van der Waals surface area contributed by atoms with Gasteiger partial charge >= 0.3 is 0 Å². The van der Waals surface area contributed by atoms with Crippen molar-refractivity contribution in [3.8, 4) is 0 Å². The van der Waals surface area contributed by atoms with Crippen LogP contribution in [0.3, 0.4) is 0 Å². The minimum absolute atomic E-state index is 0.0441. The Balaban J connectivity index is 2.01. The molecule has 2 rings (SSSR count). The van der Waals surface area contributed by atoms with Crippen LogP contribution >= 0.6 is 0 Å². The number of hydrogen-bond acceptors (Lipinski definition) is 2. The van der Waals surface area contributed by atoms with Gasteiger partial charge in [0.25, 0.3) is 0 Å². The van der Waals surface area contributed by atoms with E-state index in [2.05, 4.69) is 36.5 Å². The maximum atomic E-state index is 12.1. The third kappa shape index (κ3) is 3.04. The molecule has 3 N–H and O–H groups in total. The molecule has 1 fully saturated rings. The van der Waals surface area contributed by atoms with E-state index in [1.165, 1.54) is 11.1 Å². The fraction of sp³-hybridized carbons (Fsp3) is 0.588. The van der Waals surface area contributed by atoms with E-state index >= 15 is 0 Å². The first-order valence-electron chi connectivity index (χ1n) is 7.36. The fourth-order valence-corrected chi connectivity index (χ4v) is 2.62. The van der Waals surface area contributed by atoms with Crippen molar-refractivity contribution in [1.82, 2.24) is 5.32 Å². The maximum Gasteiger partial charge on any atom is 0.237 e. The standard InChI is InChI=1S/C17H26N2O/c1-12-7-5-6-8-13(12)17(9-10-17)11-19-15(20)14(18)16(2,3)4/h5-8,14H,9-11,18H2,1-4H3,(H,19,20)/t14-/m1/s1. The van der Waals surface area contributed by atoms with Gasteiger partial charge in [-0.3, -0.25) is 4.79 Å². The van der Waals surface area contributed by atoms with Crippen molar-refractivity contribution in [3.05, 3.63) is 35.4 Å². The lowest BCUT2D eigenvalue weighted by atomic mass is 9.86. The zero-order chi connectivity index (χ0) is 15.0. The second-order valence-electron chi connectivity index (χ2n) is 7.16. The molecule has 20 heavy (non-hydrogen) atoms. The Morgan fingerprint density at radius 3 is 2.45 bits per heavy atom. The van der Waals surface area contributed by atoms with Crippen molar-refractivity contribution in [2.24, 2.45) is 11.1 Å². The van der Waals surface area contributed by atoms with Crippen molar-refractivity contribution in [1.29, 1.82) is 0 Å². The number of rotatable bonds is 4. The molecular formula is C17H26N2O. The zero-order valence-electron chi connectivity index (χ0n) is 13.0. The summed E-state index contributed by atoms with van der Waals surface area (Å²) in [5.74, 6) is -0.0441. The molecule has 0 radical (unpaired) electrons. The summed E-state index contributed by atoms with van der Waals surface area (Å²) in [5.41, 5.74) is 8.60. The average Bonchev–Trinajstić information content (AvgIpc) is 3.15. The molecule has 1 aliphatic rings. The summed E-state index contributed by atoms with van der Waals surface area (Å²) in [7, 11) is 0. The van der Waals surface area contributed by atoms with Crippen LogP contribution in [0.2, 0.25) is 0 Å². The molecular weight excluding hydrogens is 248 g/mol. The van der Waals surface area contributed by atoms with Crippen LogP contribution in [0.4, 0.5) is 0 Å². The van der Waals surface area contributed by atoms with E-state index in [-0.39, 0.29) is 16.7 Å². The molecule has 0 aliphatic heterocycles. The SMILES string of the molecule is Cc1ccccc1C1(CNC(=O)[C@@H](N)C(C)(C)C)CC1. The predicted molar refractivity (Wildman–Crippen MR) is 82.5 cm³/mol. The molecule has 0 bridgehead atoms. The highest BCUT2D eigenvalue weighted by Gasteiger charge is 2.45. The van der Waals surface area contributed by atoms with Crippen molar-refractivity contribution >= 4 is 5.91 Å². The van der Waals surface area contributed by atoms with E-state index in [0.717, 1.165) is 12.8 Å². The number of nitrogens with two attached hydrogens (primary N) is 1. The first kappa shape index (κ1) is 15.0. The lowest BCUT2D eigenvalue weighted by molar-refractivity contribution is -0.124. The summed E-state index contributed by atoms with van der Waals surface area (Å²) in [6.07, 6.45) is 2.28. The van der Waals surface area contributed by atoms with Gasteiger partial charge < -0.3 is 11.1 Å². The molecule has 0 heterocycles. The van der Waals surface area contributed by atoms with Crippen molar-refractivity contribution in [3.63, 3.8) is 0 Å². The Bertz CT molecular complexity index is 498. The monoisotopic (exact) mass is 274 g/mol. The summed E-state index contributed by atoms with van der Waals surface area (Å²) in [4.78, 5) is 12.1. The van der Waals surface area contributed by atoms with Gasteiger partial charge in [-0.25, -0.2) is 0 Å². The summed E-state index contributed by atoms with van der Waals surface area (Å²) in [5, 5.41) is 3.05. The average molecular weight is 274 g/mol. The minimum Gasteiger partial charge on any atom is -0.354 e. The van der Waals surface area contributed by atoms with Crippen molar-refractivity contribution in [2.75, 3.05) is 6.54 Å². The highest BCUT2D eigenvalue weighted by Crippen LogP contribution is 2.48. The molecule has 1 atom stereocenters. The molecule has 1 aromatic carbocycles. The Kier molecular flexibility index (Phi) is 3.92. The van der Waals surface area contributed by atoms with Gasteiger partial charge in [0.2, 0.25) is 5.91 Å². The zero-order valence-corrected chi connectivity index (χ0v) is 13.0. The van der Waals surface area contributed by atoms with Gasteiger partial charge in [0.15, 0.2) is 0 Å². The third-order valence-corrected chi connectivity index (χ3v) is 4.39. The van der Waals surface area contributed by atoms with Gasteiger partial charge in [-0.15, -0.1) is 0 Å². The Labute approximate surface area is 121 Å². The van der Waals surface area contributed by atoms with Crippen LogP contribution in [0.5, 0.6) is 0 Å². The highest BCUT2D eigenvalue weighted by atomic mass is 16.2. The van der Waals surface area contributed by atoms with Crippen molar-refractivity contribution in [2.45, 2.75) is 52.0 Å². The fourth-order valence-electron chi connectivity index (χ4n) is 2.62. The first-order valence-corrected chi connectivity index (χ1v) is 7.36. The summed E-state index contributed by atoms with van der Waals surface area (Å²) < 4.78 is 0. The molecule has 0 aromatic heterocycles. The predicted octanol–water partition coefficient (Wildman–Crippen LogP) is 2.52.